The molecule has 0 saturated heterocycles. The third-order valence-corrected chi connectivity index (χ3v) is 0. The molecule has 0 bridgehead atoms. The molecule has 0 rings (SSSR count). The van der Waals surface area contributed by atoms with E-state index in [0.29, 0.717) is 0 Å². The summed E-state index contributed by atoms with van der Waals surface area (Å²) in [6.07, 6.45) is 0. The molecule has 0 amide bonds. The molecule has 0 atom stereocenters. The molecule has 0 aliphatic rings. The van der Waals surface area contributed by atoms with Crippen LogP contribution in [-0.4, -0.2) is 0 Å². The molecule has 67 valence electrons. The molecule has 9 heavy (non-hydrogen) atoms. The Morgan fingerprint density at radius 2 is 0.444 bits per heavy atom. The van der Waals surface area contributed by atoms with Gasteiger partial charge in [-0.25, -0.2) is 0 Å². The summed E-state index contributed by atoms with van der Waals surface area (Å²) in [5.41, 5.74) is 0. The molecule has 0 heterocycles. The maximum absolute atomic E-state index is 2.59. The van der Waals surface area contributed by atoms with Crippen molar-refractivity contribution in [2.45, 2.75) is 46.6 Å². The van der Waals surface area contributed by atoms with Crippen molar-refractivity contribution in [3.63, 3.8) is 0 Å². The first-order valence-electron chi connectivity index (χ1n) is 2.41. The van der Waals surface area contributed by atoms with Gasteiger partial charge < -0.3 is 0 Å². The van der Waals surface area contributed by atoms with Gasteiger partial charge in [-0.2, -0.15) is 0 Å². The second kappa shape index (κ2) is 0.592. The first kappa shape index (κ1) is 9.52. The van der Waals surface area contributed by atoms with Gasteiger partial charge in [-0.1, -0.05) is 0 Å². The molecule has 0 fully saturated rings. The summed E-state index contributed by atoms with van der Waals surface area (Å²) in [7, 11) is -2.59. The average molecular weight is 184 g/mol. The summed E-state index contributed by atoms with van der Waals surface area (Å²) in [5.74, 6) is 19.1. The molecule has 0 aliphatic heterocycles. The van der Waals surface area contributed by atoms with Crippen molar-refractivity contribution in [2.24, 2.45) is 0 Å². The first-order chi connectivity index (χ1) is 2.83. The molecule has 0 aromatic rings. The van der Waals surface area contributed by atoms with Gasteiger partial charge in [0.2, 0.25) is 0 Å². The third-order valence-electron chi connectivity index (χ3n) is 0. The van der Waals surface area contributed by atoms with E-state index < -0.39 is 8.62 Å². The fourth-order valence-corrected chi connectivity index (χ4v) is 0. The van der Waals surface area contributed by atoms with Crippen molar-refractivity contribution < 1.29 is 8.62 Å². The van der Waals surface area contributed by atoms with E-state index in [4.69, 9.17) is 0 Å². The van der Waals surface area contributed by atoms with E-state index in [2.05, 4.69) is 46.6 Å². The van der Waals surface area contributed by atoms with Gasteiger partial charge in [0, 0.05) is 0 Å². The monoisotopic (exact) mass is 183 g/mol. The Kier molecular flexibility index (Phi) is 0.626. The van der Waals surface area contributed by atoms with Crippen LogP contribution in [0.4, 0.5) is 0 Å². The zero-order valence-corrected chi connectivity index (χ0v) is 9.24. The average Bonchev–Trinajstić information content (AvgIpc) is 0.503. The second-order valence-corrected chi connectivity index (χ2v) is 34.8. The van der Waals surface area contributed by atoms with Crippen molar-refractivity contribution >= 4 is 0 Å². The van der Waals surface area contributed by atoms with Gasteiger partial charge in [0.1, 0.15) is 0 Å². The SMILES string of the molecule is [CH3][Cu]([CH3])([CH3])([CH3])([CH3])([CH3])([CH3])[CH3]. The summed E-state index contributed by atoms with van der Waals surface area (Å²) in [5, 5.41) is 0. The van der Waals surface area contributed by atoms with E-state index in [9.17, 15) is 0 Å². The van der Waals surface area contributed by atoms with Gasteiger partial charge in [-0.3, -0.25) is 0 Å². The molecular weight excluding hydrogens is 160 g/mol. The molecule has 0 saturated carbocycles. The van der Waals surface area contributed by atoms with Crippen molar-refractivity contribution in [1.29, 1.82) is 0 Å². The van der Waals surface area contributed by atoms with Crippen LogP contribution in [0.2, 0.25) is 46.6 Å². The van der Waals surface area contributed by atoms with Gasteiger partial charge in [-0.05, 0) is 0 Å². The van der Waals surface area contributed by atoms with Crippen LogP contribution >= 0.6 is 0 Å². The Morgan fingerprint density at radius 3 is 0.444 bits per heavy atom. The quantitative estimate of drug-likeness (QED) is 0.479. The summed E-state index contributed by atoms with van der Waals surface area (Å²) in [6.45, 7) is 0. The minimum absolute atomic E-state index is 2.38. The molecule has 0 N–H and O–H groups in total. The standard InChI is InChI=1S/8CH3.Cu/h8*1H3;. The molecule has 0 aliphatic carbocycles. The van der Waals surface area contributed by atoms with Crippen LogP contribution < -0.4 is 0 Å². The zero-order chi connectivity index (χ0) is 8.35. The van der Waals surface area contributed by atoms with Crippen LogP contribution in [-0.2, 0) is 8.62 Å². The normalized spacial score (nSPS) is 31.1. The van der Waals surface area contributed by atoms with Gasteiger partial charge in [0.15, 0.2) is 0 Å². The molecule has 1 heteroatoms. The van der Waals surface area contributed by atoms with E-state index in [-0.39, 0.29) is 0 Å². The number of hydrogen-bond acceptors (Lipinski definition) is 0. The molecular formula is C8H24Cu. The van der Waals surface area contributed by atoms with Crippen molar-refractivity contribution in [3.8, 4) is 0 Å². The zero-order valence-electron chi connectivity index (χ0n) is 8.30. The first-order valence-corrected chi connectivity index (χ1v) is 9.95. The fraction of sp³-hybridized carbons (Fsp3) is 1.00. The van der Waals surface area contributed by atoms with E-state index in [1.165, 1.54) is 0 Å². The summed E-state index contributed by atoms with van der Waals surface area (Å²) >= 11 is 0. The van der Waals surface area contributed by atoms with Gasteiger partial charge in [-0.15, -0.1) is 0 Å². The van der Waals surface area contributed by atoms with Crippen molar-refractivity contribution in [1.82, 2.24) is 0 Å². The Morgan fingerprint density at radius 1 is 0.444 bits per heavy atom. The van der Waals surface area contributed by atoms with Gasteiger partial charge in [0.05, 0.1) is 0 Å². The summed E-state index contributed by atoms with van der Waals surface area (Å²) < 4.78 is 0. The van der Waals surface area contributed by atoms with Crippen LogP contribution in [0.1, 0.15) is 0 Å². The van der Waals surface area contributed by atoms with Crippen LogP contribution in [0, 0.1) is 0 Å². The van der Waals surface area contributed by atoms with E-state index in [1.807, 2.05) is 0 Å². The Balaban J connectivity index is 5.84. The van der Waals surface area contributed by atoms with Gasteiger partial charge >= 0.3 is 55.2 Å². The minimum atomic E-state index is -2.59. The van der Waals surface area contributed by atoms with Crippen LogP contribution in [0.15, 0.2) is 0 Å². The van der Waals surface area contributed by atoms with Crippen molar-refractivity contribution in [3.05, 3.63) is 0 Å². The second-order valence-electron chi connectivity index (χ2n) is 8.44. The predicted octanol–water partition coefficient (Wildman–Crippen LogP) is 4.67. The van der Waals surface area contributed by atoms with Crippen LogP contribution in [0.3, 0.4) is 0 Å². The topological polar surface area (TPSA) is 0 Å². The maximum atomic E-state index is 2.38. The van der Waals surface area contributed by atoms with Crippen molar-refractivity contribution in [2.75, 3.05) is 0 Å². The Bertz CT molecular complexity index is 139. The Labute approximate surface area is 55.6 Å². The van der Waals surface area contributed by atoms with E-state index >= 15 is 0 Å². The number of rotatable bonds is 0. The van der Waals surface area contributed by atoms with Crippen LogP contribution in [0.5, 0.6) is 0 Å². The van der Waals surface area contributed by atoms with E-state index in [0.717, 1.165) is 0 Å². The molecule has 0 aromatic heterocycles. The van der Waals surface area contributed by atoms with Gasteiger partial charge in [0.25, 0.3) is 0 Å². The predicted molar refractivity (Wildman–Crippen MR) is 46.9 cm³/mol. The summed E-state index contributed by atoms with van der Waals surface area (Å²) in [4.78, 5) is 0. The van der Waals surface area contributed by atoms with E-state index in [1.54, 1.807) is 0 Å². The third kappa shape index (κ3) is 1340. The molecule has 0 radical (unpaired) electrons. The number of hydrogen-bond donors (Lipinski definition) is 0. The summed E-state index contributed by atoms with van der Waals surface area (Å²) in [6, 6.07) is 0. The molecule has 0 spiro atoms. The fourth-order valence-electron chi connectivity index (χ4n) is 0. The Hall–Kier alpha value is 0.519. The van der Waals surface area contributed by atoms with Crippen LogP contribution in [0.25, 0.3) is 0 Å². The molecule has 0 unspecified atom stereocenters. The molecule has 0 nitrogen and oxygen atoms in total. The molecule has 0 aromatic carbocycles.